The van der Waals surface area contributed by atoms with E-state index in [1.807, 2.05) is 67.0 Å². The summed E-state index contributed by atoms with van der Waals surface area (Å²) >= 11 is 5.71. The minimum Gasteiger partial charge on any atom is -0.466 e. The van der Waals surface area contributed by atoms with Crippen molar-refractivity contribution in [3.05, 3.63) is 71.1 Å². The Balaban J connectivity index is 1.67. The molecule has 2 amide bonds. The van der Waals surface area contributed by atoms with E-state index in [2.05, 4.69) is 10.0 Å². The molecule has 56 heavy (non-hydrogen) atoms. The maximum absolute atomic E-state index is 13.6. The number of nitrogens with zero attached hydrogens (tertiary/aromatic N) is 2. The quantitative estimate of drug-likeness (QED) is 0.0353. The Morgan fingerprint density at radius 3 is 2.32 bits per heavy atom. The SMILES string of the molecule is CCOC(=O)CCCN(C)c1ccc2c(-c3cc(C(=O)NCCOCCOCCCCCCCl)ccc3C(=O)NS(C)(=O)=O)c3ccc(=[N+](C)C)cc-3oc2c1. The minimum absolute atomic E-state index is 0.0556. The number of halogens is 1. The Hall–Kier alpha value is -4.50. The molecule has 1 aliphatic carbocycles. The lowest BCUT2D eigenvalue weighted by molar-refractivity contribution is -0.143. The summed E-state index contributed by atoms with van der Waals surface area (Å²) < 4.78 is 51.3. The van der Waals surface area contributed by atoms with E-state index in [1.165, 1.54) is 12.1 Å². The van der Waals surface area contributed by atoms with Crippen LogP contribution in [-0.2, 0) is 29.0 Å². The Labute approximate surface area is 334 Å². The van der Waals surface area contributed by atoms with E-state index in [4.69, 9.17) is 30.2 Å². The third-order valence-corrected chi connectivity index (χ3v) is 9.80. The molecule has 13 nitrogen and oxygen atoms in total. The number of anilines is 1. The number of carbonyl (C=O) groups excluding carboxylic acids is 3. The van der Waals surface area contributed by atoms with Gasteiger partial charge in [-0.2, -0.15) is 0 Å². The zero-order valence-corrected chi connectivity index (χ0v) is 34.5. The van der Waals surface area contributed by atoms with Crippen LogP contribution in [0.1, 0.15) is 66.2 Å². The van der Waals surface area contributed by atoms with Crippen molar-refractivity contribution in [3.63, 3.8) is 0 Å². The highest BCUT2D eigenvalue weighted by molar-refractivity contribution is 7.89. The molecule has 0 saturated carbocycles. The number of benzene rings is 3. The van der Waals surface area contributed by atoms with Gasteiger partial charge < -0.3 is 28.8 Å². The standard InChI is InChI=1S/C41H53ClN4O9S/c1-6-54-38(47)12-11-21-46(4)31-15-18-34-37(28-31)55-36-27-30(45(2)3)14-17-33(36)39(34)35-26-29(13-16-32(35)41(49)44-56(5,50)51)40(48)43-20-23-53-25-24-52-22-10-8-7-9-19-42/h13-18,26-28H,6-12,19-25H2,1-5H3,(H-,43,44,48,49)/p+1. The molecule has 4 rings (SSSR count). The van der Waals surface area contributed by atoms with E-state index in [0.717, 1.165) is 43.0 Å². The highest BCUT2D eigenvalue weighted by atomic mass is 35.5. The normalized spacial score (nSPS) is 11.5. The van der Waals surface area contributed by atoms with E-state index in [1.54, 1.807) is 13.0 Å². The van der Waals surface area contributed by atoms with Crippen molar-refractivity contribution in [1.82, 2.24) is 14.6 Å². The molecule has 0 radical (unpaired) electrons. The van der Waals surface area contributed by atoms with Crippen LogP contribution in [0.2, 0.25) is 0 Å². The Bertz CT molecular complexity index is 2120. The number of amides is 2. The largest absolute Gasteiger partial charge is 0.466 e. The smallest absolute Gasteiger partial charge is 0.305 e. The molecule has 0 saturated heterocycles. The number of ether oxygens (including phenoxy) is 3. The van der Waals surface area contributed by atoms with Gasteiger partial charge in [0.1, 0.15) is 25.4 Å². The van der Waals surface area contributed by atoms with Crippen LogP contribution in [0.15, 0.2) is 59.0 Å². The number of hydrogen-bond acceptors (Lipinski definition) is 10. The minimum atomic E-state index is -3.92. The third kappa shape index (κ3) is 13.0. The Kier molecular flexibility index (Phi) is 17.1. The highest BCUT2D eigenvalue weighted by Gasteiger charge is 2.25. The second kappa shape index (κ2) is 21.7. The second-order valence-corrected chi connectivity index (χ2v) is 15.7. The molecular formula is C41H54ClN4O9S+. The van der Waals surface area contributed by atoms with Crippen LogP contribution in [0.5, 0.6) is 0 Å². The average molecular weight is 814 g/mol. The van der Waals surface area contributed by atoms with E-state index in [9.17, 15) is 22.8 Å². The van der Waals surface area contributed by atoms with Crippen LogP contribution in [-0.4, -0.2) is 106 Å². The summed E-state index contributed by atoms with van der Waals surface area (Å²) in [4.78, 5) is 41.0. The Morgan fingerprint density at radius 1 is 0.857 bits per heavy atom. The lowest BCUT2D eigenvalue weighted by atomic mass is 9.89. The number of sulfonamides is 1. The molecule has 0 bridgehead atoms. The number of nitrogens with one attached hydrogen (secondary N) is 2. The molecule has 0 aromatic heterocycles. The van der Waals surface area contributed by atoms with Crippen molar-refractivity contribution in [2.45, 2.75) is 45.4 Å². The van der Waals surface area contributed by atoms with Gasteiger partial charge in [-0.1, -0.05) is 12.8 Å². The molecule has 2 aliphatic rings. The van der Waals surface area contributed by atoms with Gasteiger partial charge in [-0.05, 0) is 68.1 Å². The van der Waals surface area contributed by atoms with Gasteiger partial charge in [0, 0.05) is 84.5 Å². The van der Waals surface area contributed by atoms with Crippen molar-refractivity contribution >= 4 is 56.1 Å². The van der Waals surface area contributed by atoms with Gasteiger partial charge >= 0.3 is 5.97 Å². The molecule has 0 fully saturated rings. The molecule has 304 valence electrons. The van der Waals surface area contributed by atoms with E-state index < -0.39 is 21.8 Å². The molecule has 0 atom stereocenters. The first kappa shape index (κ1) is 44.2. The summed E-state index contributed by atoms with van der Waals surface area (Å²) in [7, 11) is 1.81. The fourth-order valence-electron chi connectivity index (χ4n) is 6.12. The molecule has 2 aromatic rings. The predicted octanol–water partition coefficient (Wildman–Crippen LogP) is 5.27. The average Bonchev–Trinajstić information content (AvgIpc) is 3.15. The number of esters is 1. The first-order valence-electron chi connectivity index (χ1n) is 18.9. The number of alkyl halides is 1. The maximum atomic E-state index is 13.6. The number of rotatable bonds is 22. The summed E-state index contributed by atoms with van der Waals surface area (Å²) in [5.74, 6) is -0.293. The molecule has 2 aromatic carbocycles. The van der Waals surface area contributed by atoms with Gasteiger partial charge in [0.25, 0.3) is 11.8 Å². The molecule has 1 heterocycles. The number of unbranched alkanes of at least 4 members (excludes halogenated alkanes) is 3. The van der Waals surface area contributed by atoms with Gasteiger partial charge in [0.15, 0.2) is 0 Å². The zero-order valence-electron chi connectivity index (χ0n) is 33.0. The van der Waals surface area contributed by atoms with Gasteiger partial charge in [-0.25, -0.2) is 17.7 Å². The summed E-state index contributed by atoms with van der Waals surface area (Å²) in [5.41, 5.74) is 3.21. The monoisotopic (exact) mass is 813 g/mol. The lowest BCUT2D eigenvalue weighted by Crippen LogP contribution is -2.30. The first-order valence-corrected chi connectivity index (χ1v) is 21.3. The first-order chi connectivity index (χ1) is 26.8. The van der Waals surface area contributed by atoms with Crippen molar-refractivity contribution in [3.8, 4) is 22.5 Å². The van der Waals surface area contributed by atoms with Crippen LogP contribution in [0.3, 0.4) is 0 Å². The highest BCUT2D eigenvalue weighted by Crippen LogP contribution is 2.42. The molecule has 2 N–H and O–H groups in total. The van der Waals surface area contributed by atoms with Crippen molar-refractivity contribution in [2.75, 3.05) is 84.3 Å². The summed E-state index contributed by atoms with van der Waals surface area (Å²) in [6, 6.07) is 15.9. The fraction of sp³-hybridized carbons (Fsp3) is 0.463. The van der Waals surface area contributed by atoms with Crippen LogP contribution in [0.4, 0.5) is 5.69 Å². The molecule has 15 heteroatoms. The van der Waals surface area contributed by atoms with Gasteiger partial charge in [-0.3, -0.25) is 14.4 Å². The van der Waals surface area contributed by atoms with Gasteiger partial charge in [0.2, 0.25) is 15.4 Å². The Morgan fingerprint density at radius 2 is 1.61 bits per heavy atom. The summed E-state index contributed by atoms with van der Waals surface area (Å²) in [6.07, 6.45) is 5.94. The van der Waals surface area contributed by atoms with E-state index in [0.29, 0.717) is 85.1 Å². The molecule has 0 unspecified atom stereocenters. The van der Waals surface area contributed by atoms with Crippen LogP contribution < -0.4 is 24.9 Å². The third-order valence-electron chi connectivity index (χ3n) is 8.98. The lowest BCUT2D eigenvalue weighted by Gasteiger charge is -2.22. The van der Waals surface area contributed by atoms with Gasteiger partial charge in [-0.15, -0.1) is 11.6 Å². The van der Waals surface area contributed by atoms with Crippen LogP contribution in [0.25, 0.3) is 33.4 Å². The van der Waals surface area contributed by atoms with E-state index in [-0.39, 0.29) is 30.2 Å². The van der Waals surface area contributed by atoms with Crippen molar-refractivity contribution < 1.29 is 41.4 Å². The second-order valence-electron chi connectivity index (χ2n) is 13.6. The van der Waals surface area contributed by atoms with Crippen LogP contribution >= 0.6 is 11.6 Å². The van der Waals surface area contributed by atoms with E-state index >= 15 is 0 Å². The fourth-order valence-corrected chi connectivity index (χ4v) is 6.76. The summed E-state index contributed by atoms with van der Waals surface area (Å²) in [6.45, 7) is 4.72. The molecular weight excluding hydrogens is 760 g/mol. The number of hydrogen-bond donors (Lipinski definition) is 2. The maximum Gasteiger partial charge on any atom is 0.305 e. The van der Waals surface area contributed by atoms with Crippen molar-refractivity contribution in [2.24, 2.45) is 0 Å². The molecule has 1 aliphatic heterocycles. The van der Waals surface area contributed by atoms with Gasteiger partial charge in [0.05, 0.1) is 38.7 Å². The topological polar surface area (TPSA) is 156 Å². The number of fused-ring (bicyclic) bond motifs is 2. The predicted molar refractivity (Wildman–Crippen MR) is 220 cm³/mol. The molecule has 0 spiro atoms. The van der Waals surface area contributed by atoms with Crippen LogP contribution in [0, 0.1) is 0 Å². The zero-order chi connectivity index (χ0) is 40.7. The van der Waals surface area contributed by atoms with Crippen molar-refractivity contribution in [1.29, 1.82) is 0 Å². The number of carbonyl (C=O) groups is 3. The summed E-state index contributed by atoms with van der Waals surface area (Å²) in [5, 5.41) is 4.37.